The Hall–Kier alpha value is -2.14. The summed E-state index contributed by atoms with van der Waals surface area (Å²) in [5.41, 5.74) is 2.19. The largest absolute Gasteiger partial charge is 0.356 e. The third kappa shape index (κ3) is 4.93. The van der Waals surface area contributed by atoms with Gasteiger partial charge in [-0.25, -0.2) is 4.68 Å². The lowest BCUT2D eigenvalue weighted by Gasteiger charge is -2.22. The molecule has 0 radical (unpaired) electrons. The van der Waals surface area contributed by atoms with Crippen molar-refractivity contribution in [2.75, 3.05) is 19.6 Å². The molecule has 2 N–H and O–H groups in total. The van der Waals surface area contributed by atoms with Crippen LogP contribution in [0.5, 0.6) is 0 Å². The van der Waals surface area contributed by atoms with E-state index in [-0.39, 0.29) is 5.91 Å². The lowest BCUT2D eigenvalue weighted by atomic mass is 9.93. The van der Waals surface area contributed by atoms with Gasteiger partial charge in [0.1, 0.15) is 0 Å². The van der Waals surface area contributed by atoms with Crippen molar-refractivity contribution in [1.29, 1.82) is 0 Å². The molecule has 0 atom stereocenters. The van der Waals surface area contributed by atoms with Crippen molar-refractivity contribution < 1.29 is 4.79 Å². The first-order valence-electron chi connectivity index (χ1n) is 8.87. The topological polar surface area (TPSA) is 59.0 Å². The number of nitrogens with zero attached hydrogens (tertiary/aromatic N) is 2. The highest BCUT2D eigenvalue weighted by Gasteiger charge is 2.14. The van der Waals surface area contributed by atoms with Crippen LogP contribution < -0.4 is 10.6 Å². The maximum atomic E-state index is 12.0. The van der Waals surface area contributed by atoms with E-state index in [1.54, 1.807) is 0 Å². The van der Waals surface area contributed by atoms with Gasteiger partial charge in [-0.3, -0.25) is 4.79 Å². The Morgan fingerprint density at radius 1 is 1.25 bits per heavy atom. The van der Waals surface area contributed by atoms with E-state index in [4.69, 9.17) is 0 Å². The SMILES string of the molecule is O=C(CCC1CCNCC1)NCCc1cnn(-c2ccccc2)c1. The van der Waals surface area contributed by atoms with Crippen LogP contribution in [0.3, 0.4) is 0 Å². The number of carbonyl (C=O) groups is 1. The van der Waals surface area contributed by atoms with Gasteiger partial charge in [-0.2, -0.15) is 5.10 Å². The summed E-state index contributed by atoms with van der Waals surface area (Å²) < 4.78 is 1.87. The van der Waals surface area contributed by atoms with Gasteiger partial charge in [-0.05, 0) is 62.4 Å². The molecular formula is C19H26N4O. The molecule has 1 amide bonds. The van der Waals surface area contributed by atoms with E-state index in [1.165, 1.54) is 12.8 Å². The Bertz CT molecular complexity index is 632. The van der Waals surface area contributed by atoms with Gasteiger partial charge in [0.2, 0.25) is 5.91 Å². The van der Waals surface area contributed by atoms with Gasteiger partial charge in [-0.15, -0.1) is 0 Å². The van der Waals surface area contributed by atoms with Crippen molar-refractivity contribution in [2.24, 2.45) is 5.92 Å². The average molecular weight is 326 g/mol. The second-order valence-corrected chi connectivity index (χ2v) is 6.46. The van der Waals surface area contributed by atoms with Crippen LogP contribution in [0.15, 0.2) is 42.7 Å². The summed E-state index contributed by atoms with van der Waals surface area (Å²) in [5.74, 6) is 0.880. The quantitative estimate of drug-likeness (QED) is 0.821. The number of para-hydroxylation sites is 1. The van der Waals surface area contributed by atoms with Crippen LogP contribution >= 0.6 is 0 Å². The summed E-state index contributed by atoms with van der Waals surface area (Å²) in [6, 6.07) is 10.0. The molecule has 0 aliphatic carbocycles. The molecule has 24 heavy (non-hydrogen) atoms. The predicted octanol–water partition coefficient (Wildman–Crippen LogP) is 2.31. The number of benzene rings is 1. The molecule has 0 spiro atoms. The van der Waals surface area contributed by atoms with Crippen molar-refractivity contribution in [3.8, 4) is 5.69 Å². The van der Waals surface area contributed by atoms with E-state index in [9.17, 15) is 4.79 Å². The first-order valence-corrected chi connectivity index (χ1v) is 8.87. The number of rotatable bonds is 7. The van der Waals surface area contributed by atoms with Gasteiger partial charge in [0.15, 0.2) is 0 Å². The molecule has 1 saturated heterocycles. The molecule has 1 aliphatic heterocycles. The van der Waals surface area contributed by atoms with Crippen molar-refractivity contribution in [3.05, 3.63) is 48.3 Å². The molecule has 1 aromatic carbocycles. The van der Waals surface area contributed by atoms with E-state index < -0.39 is 0 Å². The number of piperidine rings is 1. The van der Waals surface area contributed by atoms with Crippen LogP contribution in [-0.4, -0.2) is 35.3 Å². The molecule has 1 fully saturated rings. The lowest BCUT2D eigenvalue weighted by molar-refractivity contribution is -0.121. The molecule has 3 rings (SSSR count). The monoisotopic (exact) mass is 326 g/mol. The number of hydrogen-bond acceptors (Lipinski definition) is 3. The lowest BCUT2D eigenvalue weighted by Crippen LogP contribution is -2.30. The first-order chi connectivity index (χ1) is 11.8. The van der Waals surface area contributed by atoms with Crippen LogP contribution in [0, 0.1) is 5.92 Å². The summed E-state index contributed by atoms with van der Waals surface area (Å²) in [6.45, 7) is 2.86. The third-order valence-electron chi connectivity index (χ3n) is 4.63. The maximum Gasteiger partial charge on any atom is 0.220 e. The van der Waals surface area contributed by atoms with Gasteiger partial charge < -0.3 is 10.6 Å². The number of amides is 1. The smallest absolute Gasteiger partial charge is 0.220 e. The van der Waals surface area contributed by atoms with Crippen LogP contribution in [0.1, 0.15) is 31.2 Å². The minimum atomic E-state index is 0.170. The number of nitrogens with one attached hydrogen (secondary N) is 2. The zero-order chi connectivity index (χ0) is 16.6. The van der Waals surface area contributed by atoms with Crippen LogP contribution in [0.4, 0.5) is 0 Å². The summed E-state index contributed by atoms with van der Waals surface area (Å²) >= 11 is 0. The molecule has 1 aromatic heterocycles. The Morgan fingerprint density at radius 2 is 2.04 bits per heavy atom. The van der Waals surface area contributed by atoms with Crippen LogP contribution in [0.25, 0.3) is 5.69 Å². The molecule has 5 heteroatoms. The van der Waals surface area contributed by atoms with E-state index in [0.29, 0.717) is 18.9 Å². The number of carbonyl (C=O) groups excluding carboxylic acids is 1. The van der Waals surface area contributed by atoms with Crippen LogP contribution in [-0.2, 0) is 11.2 Å². The molecule has 2 heterocycles. The summed E-state index contributed by atoms with van der Waals surface area (Å²) in [5, 5.41) is 10.8. The third-order valence-corrected chi connectivity index (χ3v) is 4.63. The molecule has 0 saturated carbocycles. The highest BCUT2D eigenvalue weighted by atomic mass is 16.1. The predicted molar refractivity (Wildman–Crippen MR) is 95.1 cm³/mol. The van der Waals surface area contributed by atoms with Gasteiger partial charge in [0.25, 0.3) is 0 Å². The zero-order valence-electron chi connectivity index (χ0n) is 14.1. The molecular weight excluding hydrogens is 300 g/mol. The second-order valence-electron chi connectivity index (χ2n) is 6.46. The van der Waals surface area contributed by atoms with Crippen molar-refractivity contribution in [2.45, 2.75) is 32.1 Å². The molecule has 1 aliphatic rings. The van der Waals surface area contributed by atoms with Crippen molar-refractivity contribution >= 4 is 5.91 Å². The molecule has 0 bridgehead atoms. The fraction of sp³-hybridized carbons (Fsp3) is 0.474. The molecule has 0 unspecified atom stereocenters. The Labute approximate surface area is 143 Å². The highest BCUT2D eigenvalue weighted by Crippen LogP contribution is 2.17. The maximum absolute atomic E-state index is 12.0. The normalized spacial score (nSPS) is 15.3. The van der Waals surface area contributed by atoms with Gasteiger partial charge in [0.05, 0.1) is 11.9 Å². The standard InChI is InChI=1S/C19H26N4O/c24-19(7-6-16-8-11-20-12-9-16)21-13-10-17-14-22-23(15-17)18-4-2-1-3-5-18/h1-5,14-16,20H,6-13H2,(H,21,24). The average Bonchev–Trinajstić information content (AvgIpc) is 3.11. The van der Waals surface area contributed by atoms with Crippen molar-refractivity contribution in [1.82, 2.24) is 20.4 Å². The zero-order valence-corrected chi connectivity index (χ0v) is 14.1. The second kappa shape index (κ2) is 8.64. The first kappa shape index (κ1) is 16.7. The summed E-state index contributed by atoms with van der Waals surface area (Å²) in [4.78, 5) is 12.0. The summed E-state index contributed by atoms with van der Waals surface area (Å²) in [7, 11) is 0. The van der Waals surface area contributed by atoms with E-state index in [0.717, 1.165) is 37.2 Å². The Balaban J connectivity index is 1.37. The number of hydrogen-bond donors (Lipinski definition) is 2. The fourth-order valence-corrected chi connectivity index (χ4v) is 3.15. The minimum absolute atomic E-state index is 0.170. The minimum Gasteiger partial charge on any atom is -0.356 e. The van der Waals surface area contributed by atoms with E-state index in [2.05, 4.69) is 15.7 Å². The molecule has 2 aromatic rings. The Morgan fingerprint density at radius 3 is 2.83 bits per heavy atom. The summed E-state index contributed by atoms with van der Waals surface area (Å²) in [6.07, 6.45) is 8.77. The molecule has 128 valence electrons. The fourth-order valence-electron chi connectivity index (χ4n) is 3.15. The number of aromatic nitrogens is 2. The van der Waals surface area contributed by atoms with Gasteiger partial charge in [0, 0.05) is 19.2 Å². The van der Waals surface area contributed by atoms with Crippen molar-refractivity contribution in [3.63, 3.8) is 0 Å². The molecule has 5 nitrogen and oxygen atoms in total. The van der Waals surface area contributed by atoms with E-state index >= 15 is 0 Å². The van der Waals surface area contributed by atoms with E-state index in [1.807, 2.05) is 47.4 Å². The van der Waals surface area contributed by atoms with Gasteiger partial charge >= 0.3 is 0 Å². The van der Waals surface area contributed by atoms with Gasteiger partial charge in [-0.1, -0.05) is 18.2 Å². The highest BCUT2D eigenvalue weighted by molar-refractivity contribution is 5.75. The Kier molecular flexibility index (Phi) is 6.01. The van der Waals surface area contributed by atoms with Crippen LogP contribution in [0.2, 0.25) is 0 Å².